The molecule has 1 aromatic heterocycles. The molecule has 0 bridgehead atoms. The smallest absolute Gasteiger partial charge is 0.309 e. The molecule has 0 saturated heterocycles. The zero-order valence-electron chi connectivity index (χ0n) is 9.46. The Labute approximate surface area is 122 Å². The molecule has 0 aliphatic carbocycles. The van der Waals surface area contributed by atoms with Crippen LogP contribution in [0.5, 0.6) is 0 Å². The van der Waals surface area contributed by atoms with Gasteiger partial charge in [-0.05, 0) is 18.2 Å². The quantitative estimate of drug-likeness (QED) is 0.936. The molecule has 1 N–H and O–H groups in total. The number of carboxylic acid groups (broad SMARTS) is 1. The molecule has 0 unspecified atom stereocenters. The average Bonchev–Trinajstić information content (AvgIpc) is 2.76. The Morgan fingerprint density at radius 1 is 1.58 bits per heavy atom. The predicted molar refractivity (Wildman–Crippen MR) is 73.7 cm³/mol. The third kappa shape index (κ3) is 3.70. The molecule has 0 radical (unpaired) electrons. The lowest BCUT2D eigenvalue weighted by Crippen LogP contribution is -1.99. The zero-order valence-corrected chi connectivity index (χ0v) is 11.8. The Morgan fingerprint density at radius 3 is 3.05 bits per heavy atom. The fourth-order valence-electron chi connectivity index (χ4n) is 1.34. The van der Waals surface area contributed by atoms with Crippen molar-refractivity contribution in [3.63, 3.8) is 0 Å². The van der Waals surface area contributed by atoms with E-state index in [4.69, 9.17) is 22.0 Å². The third-order valence-corrected chi connectivity index (χ3v) is 4.40. The maximum absolute atomic E-state index is 10.6. The van der Waals surface area contributed by atoms with E-state index in [0.717, 1.165) is 0 Å². The summed E-state index contributed by atoms with van der Waals surface area (Å²) >= 11 is 8.55. The Kier molecular flexibility index (Phi) is 4.43. The number of rotatable bonds is 4. The number of hydrogen-bond acceptors (Lipinski definition) is 5. The highest BCUT2D eigenvalue weighted by atomic mass is 35.5. The molecule has 0 saturated carbocycles. The number of nitriles is 1. The molecule has 0 spiro atoms. The first-order valence-electron chi connectivity index (χ1n) is 5.12. The van der Waals surface area contributed by atoms with Crippen molar-refractivity contribution in [2.24, 2.45) is 0 Å². The first kappa shape index (κ1) is 13.9. The van der Waals surface area contributed by atoms with Gasteiger partial charge in [0.1, 0.15) is 6.07 Å². The summed E-state index contributed by atoms with van der Waals surface area (Å²) in [6.07, 6.45) is -0.0995. The lowest BCUT2D eigenvalue weighted by atomic mass is 10.2. The van der Waals surface area contributed by atoms with Gasteiger partial charge in [0.05, 0.1) is 17.7 Å². The number of thiazole rings is 1. The number of aromatic nitrogens is 1. The number of hydrogen-bond donors (Lipinski definition) is 1. The number of aliphatic carboxylic acids is 1. The summed E-state index contributed by atoms with van der Waals surface area (Å²) < 4.78 is 0.690. The maximum atomic E-state index is 10.6. The minimum atomic E-state index is -0.915. The van der Waals surface area contributed by atoms with Gasteiger partial charge in [-0.1, -0.05) is 23.4 Å². The lowest BCUT2D eigenvalue weighted by molar-refractivity contribution is -0.136. The van der Waals surface area contributed by atoms with Gasteiger partial charge in [-0.3, -0.25) is 4.79 Å². The van der Waals surface area contributed by atoms with Crippen molar-refractivity contribution >= 4 is 40.7 Å². The molecule has 2 rings (SSSR count). The average molecular weight is 311 g/mol. The van der Waals surface area contributed by atoms with Crippen molar-refractivity contribution in [2.45, 2.75) is 15.7 Å². The van der Waals surface area contributed by atoms with Gasteiger partial charge in [0.25, 0.3) is 0 Å². The summed E-state index contributed by atoms with van der Waals surface area (Å²) in [4.78, 5) is 15.5. The van der Waals surface area contributed by atoms with Crippen LogP contribution in [0, 0.1) is 11.3 Å². The highest BCUT2D eigenvalue weighted by molar-refractivity contribution is 8.01. The molecule has 1 heterocycles. The van der Waals surface area contributed by atoms with Crippen LogP contribution in [0.2, 0.25) is 5.02 Å². The van der Waals surface area contributed by atoms with Crippen LogP contribution in [0.3, 0.4) is 0 Å². The number of benzene rings is 1. The number of carbonyl (C=O) groups is 1. The van der Waals surface area contributed by atoms with Crippen LogP contribution in [0.25, 0.3) is 0 Å². The molecule has 0 fully saturated rings. The summed E-state index contributed by atoms with van der Waals surface area (Å²) in [6.45, 7) is 0. The fourth-order valence-corrected chi connectivity index (χ4v) is 3.48. The van der Waals surface area contributed by atoms with Gasteiger partial charge in [-0.25, -0.2) is 4.98 Å². The van der Waals surface area contributed by atoms with Crippen LogP contribution in [-0.2, 0) is 11.2 Å². The molecular formula is C12H7ClN2O2S2. The van der Waals surface area contributed by atoms with Gasteiger partial charge in [-0.2, -0.15) is 5.26 Å². The van der Waals surface area contributed by atoms with E-state index in [1.165, 1.54) is 23.1 Å². The lowest BCUT2D eigenvalue weighted by Gasteiger charge is -2.01. The second-order valence-corrected chi connectivity index (χ2v) is 6.11. The van der Waals surface area contributed by atoms with Crippen LogP contribution < -0.4 is 0 Å². The summed E-state index contributed by atoms with van der Waals surface area (Å²) in [7, 11) is 0. The molecule has 4 nitrogen and oxygen atoms in total. The van der Waals surface area contributed by atoms with Gasteiger partial charge in [-0.15, -0.1) is 11.3 Å². The fraction of sp³-hybridized carbons (Fsp3) is 0.0833. The standard InChI is InChI=1S/C12H7ClN2O2S2/c13-8-2-1-7(5-14)10(3-8)19-12-15-9(6-18-12)4-11(16)17/h1-3,6H,4H2,(H,16,17). The van der Waals surface area contributed by atoms with Gasteiger partial charge in [0.15, 0.2) is 4.34 Å². The Morgan fingerprint density at radius 2 is 2.37 bits per heavy atom. The van der Waals surface area contributed by atoms with E-state index in [2.05, 4.69) is 11.1 Å². The van der Waals surface area contributed by atoms with Crippen LogP contribution >= 0.6 is 34.7 Å². The van der Waals surface area contributed by atoms with Gasteiger partial charge >= 0.3 is 5.97 Å². The van der Waals surface area contributed by atoms with Gasteiger partial charge in [0.2, 0.25) is 0 Å². The normalized spacial score (nSPS) is 10.1. The third-order valence-electron chi connectivity index (χ3n) is 2.12. The molecule has 0 aliphatic rings. The van der Waals surface area contributed by atoms with Crippen molar-refractivity contribution in [1.82, 2.24) is 4.98 Å². The molecule has 0 atom stereocenters. The van der Waals surface area contributed by atoms with E-state index in [0.29, 0.717) is 25.5 Å². The highest BCUT2D eigenvalue weighted by Crippen LogP contribution is 2.34. The molecule has 96 valence electrons. The second-order valence-electron chi connectivity index (χ2n) is 3.53. The van der Waals surface area contributed by atoms with E-state index >= 15 is 0 Å². The van der Waals surface area contributed by atoms with E-state index in [1.807, 2.05) is 0 Å². The van der Waals surface area contributed by atoms with E-state index in [-0.39, 0.29) is 6.42 Å². The second kappa shape index (κ2) is 6.06. The summed E-state index contributed by atoms with van der Waals surface area (Å²) in [5, 5.41) is 19.9. The van der Waals surface area contributed by atoms with Crippen LogP contribution in [0.1, 0.15) is 11.3 Å². The van der Waals surface area contributed by atoms with E-state index in [9.17, 15) is 4.79 Å². The predicted octanol–water partition coefficient (Wildman–Crippen LogP) is 3.45. The zero-order chi connectivity index (χ0) is 13.8. The molecule has 1 aromatic carbocycles. The largest absolute Gasteiger partial charge is 0.481 e. The minimum Gasteiger partial charge on any atom is -0.481 e. The maximum Gasteiger partial charge on any atom is 0.309 e. The molecule has 19 heavy (non-hydrogen) atoms. The van der Waals surface area contributed by atoms with Crippen molar-refractivity contribution in [1.29, 1.82) is 5.26 Å². The van der Waals surface area contributed by atoms with E-state index in [1.54, 1.807) is 23.6 Å². The Balaban J connectivity index is 2.21. The van der Waals surface area contributed by atoms with Crippen LogP contribution in [0.15, 0.2) is 32.8 Å². The highest BCUT2D eigenvalue weighted by Gasteiger charge is 2.10. The molecular weight excluding hydrogens is 304 g/mol. The summed E-state index contributed by atoms with van der Waals surface area (Å²) in [5.41, 5.74) is 1.03. The summed E-state index contributed by atoms with van der Waals surface area (Å²) in [5.74, 6) is -0.915. The Hall–Kier alpha value is -1.55. The van der Waals surface area contributed by atoms with Crippen LogP contribution in [0.4, 0.5) is 0 Å². The van der Waals surface area contributed by atoms with Crippen molar-refractivity contribution < 1.29 is 9.90 Å². The summed E-state index contributed by atoms with van der Waals surface area (Å²) in [6, 6.07) is 7.09. The first-order valence-corrected chi connectivity index (χ1v) is 7.19. The monoisotopic (exact) mass is 310 g/mol. The molecule has 7 heteroatoms. The van der Waals surface area contributed by atoms with Crippen molar-refractivity contribution in [3.8, 4) is 6.07 Å². The van der Waals surface area contributed by atoms with Crippen molar-refractivity contribution in [2.75, 3.05) is 0 Å². The van der Waals surface area contributed by atoms with Crippen molar-refractivity contribution in [3.05, 3.63) is 39.9 Å². The van der Waals surface area contributed by atoms with E-state index < -0.39 is 5.97 Å². The topological polar surface area (TPSA) is 74.0 Å². The SMILES string of the molecule is N#Cc1ccc(Cl)cc1Sc1nc(CC(=O)O)cs1. The van der Waals surface area contributed by atoms with Gasteiger partial charge in [0, 0.05) is 15.3 Å². The molecule has 0 aliphatic heterocycles. The molecule has 2 aromatic rings. The van der Waals surface area contributed by atoms with Crippen LogP contribution in [-0.4, -0.2) is 16.1 Å². The Bertz CT molecular complexity index is 664. The number of carboxylic acids is 1. The minimum absolute atomic E-state index is 0.0995. The molecule has 0 amide bonds. The first-order chi connectivity index (χ1) is 9.08. The van der Waals surface area contributed by atoms with Gasteiger partial charge < -0.3 is 5.11 Å². The number of halogens is 1. The number of nitrogens with zero attached hydrogens (tertiary/aromatic N) is 2.